The van der Waals surface area contributed by atoms with E-state index in [2.05, 4.69) is 9.80 Å². The topological polar surface area (TPSA) is 26.7 Å². The van der Waals surface area contributed by atoms with Gasteiger partial charge in [0.05, 0.1) is 5.56 Å². The lowest BCUT2D eigenvalue weighted by atomic mass is 9.95. The molecule has 0 aromatic heterocycles. The average molecular weight is 356 g/mol. The highest BCUT2D eigenvalue weighted by atomic mass is 19.4. The summed E-state index contributed by atoms with van der Waals surface area (Å²) in [6.07, 6.45) is -0.521. The summed E-state index contributed by atoms with van der Waals surface area (Å²) in [6, 6.07) is 5.58. The van der Waals surface area contributed by atoms with E-state index in [0.29, 0.717) is 18.0 Å². The van der Waals surface area contributed by atoms with Crippen molar-refractivity contribution in [2.75, 3.05) is 39.3 Å². The van der Waals surface area contributed by atoms with Gasteiger partial charge in [-0.05, 0) is 49.4 Å². The Kier molecular flexibility index (Phi) is 6.02. The molecule has 0 spiro atoms. The molecule has 2 heterocycles. The molecular weight excluding hydrogens is 329 g/mol. The van der Waals surface area contributed by atoms with Gasteiger partial charge >= 0.3 is 6.18 Å². The van der Waals surface area contributed by atoms with Crippen molar-refractivity contribution in [3.8, 4) is 0 Å². The minimum absolute atomic E-state index is 0.150. The number of piperidine rings is 1. The number of benzene rings is 1. The van der Waals surface area contributed by atoms with Gasteiger partial charge in [0.25, 0.3) is 0 Å². The van der Waals surface area contributed by atoms with Crippen molar-refractivity contribution in [1.29, 1.82) is 0 Å². The number of aliphatic hydroxyl groups is 1. The number of aliphatic hydroxyl groups excluding tert-OH is 1. The van der Waals surface area contributed by atoms with Crippen LogP contribution in [0.5, 0.6) is 0 Å². The Morgan fingerprint density at radius 3 is 2.40 bits per heavy atom. The number of nitrogens with zero attached hydrogens (tertiary/aromatic N) is 2. The molecule has 2 aliphatic heterocycles. The number of likely N-dealkylation sites (tertiary alicyclic amines) is 2. The molecule has 1 aromatic rings. The molecule has 140 valence electrons. The quantitative estimate of drug-likeness (QED) is 0.878. The van der Waals surface area contributed by atoms with Gasteiger partial charge in [0.2, 0.25) is 0 Å². The molecule has 2 fully saturated rings. The van der Waals surface area contributed by atoms with Gasteiger partial charge in [-0.1, -0.05) is 24.6 Å². The lowest BCUT2D eigenvalue weighted by Crippen LogP contribution is -2.37. The average Bonchev–Trinajstić information content (AvgIpc) is 2.96. The SMILES string of the molecule is OC[C@H]1CN(Cc2cccc(C(F)(F)F)c2)C[C@H]1CN1CCCCC1. The fourth-order valence-electron chi connectivity index (χ4n) is 4.16. The lowest BCUT2D eigenvalue weighted by molar-refractivity contribution is -0.137. The summed E-state index contributed by atoms with van der Waals surface area (Å²) in [7, 11) is 0. The summed E-state index contributed by atoms with van der Waals surface area (Å²) in [5, 5.41) is 9.71. The summed E-state index contributed by atoms with van der Waals surface area (Å²) in [5.74, 6) is 0.613. The lowest BCUT2D eigenvalue weighted by Gasteiger charge is -2.30. The Morgan fingerprint density at radius 1 is 1.00 bits per heavy atom. The highest BCUT2D eigenvalue weighted by Crippen LogP contribution is 2.31. The first-order valence-corrected chi connectivity index (χ1v) is 9.17. The van der Waals surface area contributed by atoms with Gasteiger partial charge in [-0.15, -0.1) is 0 Å². The number of alkyl halides is 3. The van der Waals surface area contributed by atoms with Gasteiger partial charge in [-0.2, -0.15) is 13.2 Å². The minimum atomic E-state index is -4.30. The Morgan fingerprint density at radius 2 is 1.72 bits per heavy atom. The van der Waals surface area contributed by atoms with E-state index < -0.39 is 11.7 Å². The van der Waals surface area contributed by atoms with E-state index in [1.54, 1.807) is 6.07 Å². The van der Waals surface area contributed by atoms with Crippen LogP contribution < -0.4 is 0 Å². The van der Waals surface area contributed by atoms with E-state index in [-0.39, 0.29) is 12.5 Å². The molecule has 0 radical (unpaired) electrons. The van der Waals surface area contributed by atoms with Crippen LogP contribution in [0.1, 0.15) is 30.4 Å². The molecule has 0 bridgehead atoms. The Bertz CT molecular complexity index is 558. The monoisotopic (exact) mass is 356 g/mol. The third-order valence-corrected chi connectivity index (χ3v) is 5.49. The summed E-state index contributed by atoms with van der Waals surface area (Å²) >= 11 is 0. The zero-order valence-corrected chi connectivity index (χ0v) is 14.5. The molecular formula is C19H27F3N2O. The van der Waals surface area contributed by atoms with E-state index in [0.717, 1.165) is 38.8 Å². The maximum atomic E-state index is 12.9. The van der Waals surface area contributed by atoms with Gasteiger partial charge in [0.1, 0.15) is 0 Å². The fraction of sp³-hybridized carbons (Fsp3) is 0.684. The molecule has 0 saturated carbocycles. The van der Waals surface area contributed by atoms with E-state index in [9.17, 15) is 18.3 Å². The summed E-state index contributed by atoms with van der Waals surface area (Å²) < 4.78 is 38.6. The van der Waals surface area contributed by atoms with Crippen LogP contribution in [0, 0.1) is 11.8 Å². The first-order valence-electron chi connectivity index (χ1n) is 9.17. The van der Waals surface area contributed by atoms with Crippen LogP contribution in [0.15, 0.2) is 24.3 Å². The molecule has 3 nitrogen and oxygen atoms in total. The van der Waals surface area contributed by atoms with Crippen molar-refractivity contribution < 1.29 is 18.3 Å². The molecule has 2 saturated heterocycles. The van der Waals surface area contributed by atoms with Crippen molar-refractivity contribution in [3.05, 3.63) is 35.4 Å². The van der Waals surface area contributed by atoms with Crippen LogP contribution in [0.4, 0.5) is 13.2 Å². The van der Waals surface area contributed by atoms with Crippen LogP contribution in [0.25, 0.3) is 0 Å². The number of hydrogen-bond donors (Lipinski definition) is 1. The summed E-state index contributed by atoms with van der Waals surface area (Å²) in [5.41, 5.74) is 0.0953. The second-order valence-corrected chi connectivity index (χ2v) is 7.46. The number of rotatable bonds is 5. The van der Waals surface area contributed by atoms with Crippen LogP contribution in [0.2, 0.25) is 0 Å². The predicted octanol–water partition coefficient (Wildman–Crippen LogP) is 3.23. The van der Waals surface area contributed by atoms with Gasteiger partial charge in [0, 0.05) is 32.8 Å². The van der Waals surface area contributed by atoms with Crippen LogP contribution in [-0.2, 0) is 12.7 Å². The van der Waals surface area contributed by atoms with Crippen LogP contribution in [0.3, 0.4) is 0 Å². The maximum Gasteiger partial charge on any atom is 0.416 e. The van der Waals surface area contributed by atoms with Gasteiger partial charge < -0.3 is 10.0 Å². The number of halogens is 3. The smallest absolute Gasteiger partial charge is 0.396 e. The van der Waals surface area contributed by atoms with Crippen molar-refractivity contribution in [3.63, 3.8) is 0 Å². The largest absolute Gasteiger partial charge is 0.416 e. The molecule has 0 unspecified atom stereocenters. The highest BCUT2D eigenvalue weighted by molar-refractivity contribution is 5.25. The minimum Gasteiger partial charge on any atom is -0.396 e. The first kappa shape index (κ1) is 18.7. The Hall–Kier alpha value is -1.11. The van der Waals surface area contributed by atoms with Crippen molar-refractivity contribution in [1.82, 2.24) is 9.80 Å². The highest BCUT2D eigenvalue weighted by Gasteiger charge is 2.34. The molecule has 25 heavy (non-hydrogen) atoms. The normalized spacial score (nSPS) is 26.2. The maximum absolute atomic E-state index is 12.9. The third-order valence-electron chi connectivity index (χ3n) is 5.49. The molecule has 6 heteroatoms. The molecule has 3 rings (SSSR count). The molecule has 1 N–H and O–H groups in total. The van der Waals surface area contributed by atoms with Crippen molar-refractivity contribution in [2.24, 2.45) is 11.8 Å². The van der Waals surface area contributed by atoms with Crippen LogP contribution in [-0.4, -0.2) is 54.2 Å². The van der Waals surface area contributed by atoms with Gasteiger partial charge in [-0.25, -0.2) is 0 Å². The molecule has 2 aliphatic rings. The van der Waals surface area contributed by atoms with Gasteiger partial charge in [0.15, 0.2) is 0 Å². The molecule has 2 atom stereocenters. The Labute approximate surface area is 147 Å². The fourth-order valence-corrected chi connectivity index (χ4v) is 4.16. The van der Waals surface area contributed by atoms with E-state index in [1.165, 1.54) is 31.4 Å². The second kappa shape index (κ2) is 8.06. The zero-order chi connectivity index (χ0) is 17.9. The molecule has 0 aliphatic carbocycles. The van der Waals surface area contributed by atoms with E-state index >= 15 is 0 Å². The van der Waals surface area contributed by atoms with Crippen molar-refractivity contribution in [2.45, 2.75) is 32.0 Å². The van der Waals surface area contributed by atoms with E-state index in [1.807, 2.05) is 0 Å². The summed E-state index contributed by atoms with van der Waals surface area (Å²) in [6.45, 7) is 5.51. The van der Waals surface area contributed by atoms with Gasteiger partial charge in [-0.3, -0.25) is 4.90 Å². The van der Waals surface area contributed by atoms with E-state index in [4.69, 9.17) is 0 Å². The van der Waals surface area contributed by atoms with Crippen LogP contribution >= 0.6 is 0 Å². The Balaban J connectivity index is 1.60. The number of hydrogen-bond acceptors (Lipinski definition) is 3. The first-order chi connectivity index (χ1) is 12.0. The second-order valence-electron chi connectivity index (χ2n) is 7.46. The predicted molar refractivity (Wildman–Crippen MR) is 91.1 cm³/mol. The third kappa shape index (κ3) is 4.96. The molecule has 0 amide bonds. The molecule has 1 aromatic carbocycles. The zero-order valence-electron chi connectivity index (χ0n) is 14.5. The standard InChI is InChI=1S/C19H27F3N2O/c20-19(21,22)18-6-4-5-15(9-18)10-24-12-16(17(13-24)14-25)11-23-7-2-1-3-8-23/h4-6,9,16-17,25H,1-3,7-8,10-14H2/t16-,17-/m1/s1. The van der Waals surface area contributed by atoms with Crippen molar-refractivity contribution >= 4 is 0 Å². The summed E-state index contributed by atoms with van der Waals surface area (Å²) in [4.78, 5) is 4.66.